The topological polar surface area (TPSA) is 91.8 Å². The van der Waals surface area contributed by atoms with Crippen molar-refractivity contribution < 1.29 is 0 Å². The molecule has 0 amide bonds. The Morgan fingerprint density at radius 1 is 0.969 bits per heavy atom. The summed E-state index contributed by atoms with van der Waals surface area (Å²) in [6, 6.07) is 2.49. The summed E-state index contributed by atoms with van der Waals surface area (Å²) in [4.78, 5) is 26.4. The predicted molar refractivity (Wildman–Crippen MR) is 128 cm³/mol. The molecule has 2 aliphatic rings. The van der Waals surface area contributed by atoms with Crippen molar-refractivity contribution in [1.29, 1.82) is 0 Å². The quantitative estimate of drug-likeness (QED) is 0.531. The summed E-state index contributed by atoms with van der Waals surface area (Å²) < 4.78 is 0. The highest BCUT2D eigenvalue weighted by molar-refractivity contribution is 7.18. The molecule has 0 spiro atoms. The molecule has 0 unspecified atom stereocenters. The maximum absolute atomic E-state index is 4.77. The normalized spacial score (nSPS) is 17.5. The fourth-order valence-corrected chi connectivity index (χ4v) is 5.20. The molecule has 0 aromatic carbocycles. The molecular weight excluding hydrogens is 420 g/mol. The van der Waals surface area contributed by atoms with Gasteiger partial charge in [0.25, 0.3) is 0 Å². The van der Waals surface area contributed by atoms with Crippen molar-refractivity contribution in [3.05, 3.63) is 36.0 Å². The summed E-state index contributed by atoms with van der Waals surface area (Å²) in [5.41, 5.74) is 2.86. The highest BCUT2D eigenvalue weighted by atomic mass is 32.1. The van der Waals surface area contributed by atoms with Crippen LogP contribution in [0.5, 0.6) is 0 Å². The van der Waals surface area contributed by atoms with Crippen molar-refractivity contribution in [2.24, 2.45) is 0 Å². The number of hydrogen-bond acceptors (Lipinski definition) is 9. The lowest BCUT2D eigenvalue weighted by atomic mass is 9.96. The number of aryl methyl sites for hydroxylation is 1. The molecule has 1 aliphatic carbocycles. The van der Waals surface area contributed by atoms with Crippen molar-refractivity contribution >= 4 is 28.2 Å². The number of likely N-dealkylation sites (tertiary alicyclic amines) is 1. The van der Waals surface area contributed by atoms with E-state index in [-0.39, 0.29) is 0 Å². The van der Waals surface area contributed by atoms with Crippen LogP contribution in [0.2, 0.25) is 0 Å². The fraction of sp³-hybridized carbons (Fsp3) is 0.522. The molecule has 1 aliphatic heterocycles. The number of hydrogen-bond donors (Lipinski definition) is 2. The number of rotatable bonds is 7. The van der Waals surface area contributed by atoms with E-state index in [1.807, 2.05) is 25.4 Å². The summed E-state index contributed by atoms with van der Waals surface area (Å²) in [6.07, 6.45) is 14.3. The van der Waals surface area contributed by atoms with Crippen molar-refractivity contribution in [2.75, 3.05) is 23.7 Å². The van der Waals surface area contributed by atoms with E-state index in [9.17, 15) is 0 Å². The van der Waals surface area contributed by atoms with Gasteiger partial charge in [-0.05, 0) is 51.8 Å². The molecule has 32 heavy (non-hydrogen) atoms. The van der Waals surface area contributed by atoms with Crippen molar-refractivity contribution in [1.82, 2.24) is 29.8 Å². The van der Waals surface area contributed by atoms with Gasteiger partial charge in [-0.3, -0.25) is 9.88 Å². The van der Waals surface area contributed by atoms with Crippen molar-refractivity contribution in [3.63, 3.8) is 0 Å². The van der Waals surface area contributed by atoms with Gasteiger partial charge in [0.15, 0.2) is 10.9 Å². The van der Waals surface area contributed by atoms with Crippen LogP contribution >= 0.6 is 11.3 Å². The molecule has 1 saturated heterocycles. The van der Waals surface area contributed by atoms with E-state index in [2.05, 4.69) is 35.5 Å². The molecule has 3 aromatic rings. The molecule has 0 atom stereocenters. The second-order valence-electron chi connectivity index (χ2n) is 8.73. The smallest absolute Gasteiger partial charge is 0.223 e. The average Bonchev–Trinajstić information content (AvgIpc) is 3.48. The maximum Gasteiger partial charge on any atom is 0.223 e. The lowest BCUT2D eigenvalue weighted by Crippen LogP contribution is -2.23. The van der Waals surface area contributed by atoms with Crippen LogP contribution in [0, 0.1) is 6.92 Å². The minimum absolute atomic E-state index is 0.476. The Morgan fingerprint density at radius 2 is 1.81 bits per heavy atom. The lowest BCUT2D eigenvalue weighted by Gasteiger charge is -2.22. The van der Waals surface area contributed by atoms with Gasteiger partial charge in [-0.1, -0.05) is 30.6 Å². The van der Waals surface area contributed by atoms with Gasteiger partial charge < -0.3 is 10.6 Å². The fourth-order valence-electron chi connectivity index (χ4n) is 4.42. The van der Waals surface area contributed by atoms with Crippen LogP contribution in [0.3, 0.4) is 0 Å². The van der Waals surface area contributed by atoms with E-state index in [1.165, 1.54) is 44.9 Å². The van der Waals surface area contributed by atoms with E-state index in [1.54, 1.807) is 17.5 Å². The summed E-state index contributed by atoms with van der Waals surface area (Å²) in [5.74, 6) is 1.42. The standard InChI is InChI=1S/C23H30N8S/c1-16-11-19(29-22(27-16)28-17-7-3-2-4-8-17)20-13-26-23(32-20)30-21-14-24-18(12-25-21)15-31-9-5-6-10-31/h11-14,17H,2-10,15H2,1H3,(H,25,26,30)(H,27,28,29). The summed E-state index contributed by atoms with van der Waals surface area (Å²) in [6.45, 7) is 5.20. The van der Waals surface area contributed by atoms with Gasteiger partial charge in [-0.15, -0.1) is 0 Å². The van der Waals surface area contributed by atoms with Crippen molar-refractivity contribution in [2.45, 2.75) is 64.5 Å². The van der Waals surface area contributed by atoms with Crippen LogP contribution in [0.4, 0.5) is 16.9 Å². The first-order valence-corrected chi connectivity index (χ1v) is 12.4. The molecule has 1 saturated carbocycles. The predicted octanol–water partition coefficient (Wildman–Crippen LogP) is 4.78. The van der Waals surface area contributed by atoms with Crippen LogP contribution in [0.25, 0.3) is 10.6 Å². The Balaban J connectivity index is 1.24. The average molecular weight is 451 g/mol. The number of nitrogens with one attached hydrogen (secondary N) is 2. The highest BCUT2D eigenvalue weighted by Gasteiger charge is 2.16. The second-order valence-corrected chi connectivity index (χ2v) is 9.76. The third-order valence-corrected chi connectivity index (χ3v) is 7.01. The summed E-state index contributed by atoms with van der Waals surface area (Å²) in [5, 5.41) is 7.58. The Hall–Kier alpha value is -2.65. The third-order valence-electron chi connectivity index (χ3n) is 6.08. The molecule has 9 heteroatoms. The first kappa shape index (κ1) is 21.2. The lowest BCUT2D eigenvalue weighted by molar-refractivity contribution is 0.327. The maximum atomic E-state index is 4.77. The first-order valence-electron chi connectivity index (χ1n) is 11.6. The van der Waals surface area contributed by atoms with Gasteiger partial charge in [-0.25, -0.2) is 19.9 Å². The van der Waals surface area contributed by atoms with Crippen molar-refractivity contribution in [3.8, 4) is 10.6 Å². The Bertz CT molecular complexity index is 1020. The van der Waals surface area contributed by atoms with Crippen LogP contribution in [0.1, 0.15) is 56.3 Å². The molecule has 0 radical (unpaired) electrons. The largest absolute Gasteiger partial charge is 0.351 e. The van der Waals surface area contributed by atoms with E-state index in [0.717, 1.165) is 46.7 Å². The number of thiazole rings is 1. The molecule has 5 rings (SSSR count). The molecule has 2 N–H and O–H groups in total. The Labute approximate surface area is 193 Å². The zero-order valence-electron chi connectivity index (χ0n) is 18.5. The van der Waals surface area contributed by atoms with Gasteiger partial charge in [0.05, 0.1) is 28.7 Å². The van der Waals surface area contributed by atoms with E-state index >= 15 is 0 Å². The van der Waals surface area contributed by atoms with Gasteiger partial charge >= 0.3 is 0 Å². The zero-order valence-corrected chi connectivity index (χ0v) is 19.4. The van der Waals surface area contributed by atoms with Gasteiger partial charge in [0.1, 0.15) is 0 Å². The van der Waals surface area contributed by atoms with E-state index in [0.29, 0.717) is 17.8 Å². The Morgan fingerprint density at radius 3 is 2.59 bits per heavy atom. The van der Waals surface area contributed by atoms with Crippen LogP contribution in [-0.4, -0.2) is 49.0 Å². The molecule has 4 heterocycles. The minimum atomic E-state index is 0.476. The molecule has 2 fully saturated rings. The van der Waals surface area contributed by atoms with Gasteiger partial charge in [0, 0.05) is 24.5 Å². The first-order chi connectivity index (χ1) is 15.7. The number of nitrogens with zero attached hydrogens (tertiary/aromatic N) is 6. The summed E-state index contributed by atoms with van der Waals surface area (Å²) >= 11 is 1.56. The monoisotopic (exact) mass is 450 g/mol. The molecule has 3 aromatic heterocycles. The molecule has 8 nitrogen and oxygen atoms in total. The van der Waals surface area contributed by atoms with Crippen LogP contribution < -0.4 is 10.6 Å². The van der Waals surface area contributed by atoms with Crippen LogP contribution in [-0.2, 0) is 6.54 Å². The minimum Gasteiger partial charge on any atom is -0.351 e. The molecular formula is C23H30N8S. The molecule has 0 bridgehead atoms. The highest BCUT2D eigenvalue weighted by Crippen LogP contribution is 2.30. The van der Waals surface area contributed by atoms with Gasteiger partial charge in [-0.2, -0.15) is 0 Å². The zero-order chi connectivity index (χ0) is 21.8. The second kappa shape index (κ2) is 9.87. The SMILES string of the molecule is Cc1cc(-c2cnc(Nc3cnc(CN4CCCC4)cn3)s2)nc(NC2CCCCC2)n1. The van der Waals surface area contributed by atoms with E-state index < -0.39 is 0 Å². The van der Waals surface area contributed by atoms with E-state index in [4.69, 9.17) is 4.98 Å². The third kappa shape index (κ3) is 5.39. The molecule has 168 valence electrons. The number of anilines is 3. The van der Waals surface area contributed by atoms with Gasteiger partial charge in [0.2, 0.25) is 5.95 Å². The van der Waals surface area contributed by atoms with Crippen LogP contribution in [0.15, 0.2) is 24.7 Å². The number of aromatic nitrogens is 5. The Kier molecular flexibility index (Phi) is 6.54. The summed E-state index contributed by atoms with van der Waals surface area (Å²) in [7, 11) is 0.